The van der Waals surface area contributed by atoms with Crippen molar-refractivity contribution in [2.45, 2.75) is 20.8 Å². The van der Waals surface area contributed by atoms with Crippen molar-refractivity contribution >= 4 is 5.65 Å². The van der Waals surface area contributed by atoms with Crippen LogP contribution in [0.3, 0.4) is 0 Å². The highest BCUT2D eigenvalue weighted by Gasteiger charge is 2.16. The van der Waals surface area contributed by atoms with E-state index in [1.165, 1.54) is 5.56 Å². The van der Waals surface area contributed by atoms with Crippen LogP contribution in [-0.4, -0.2) is 14.2 Å². The molecule has 0 N–H and O–H groups in total. The number of fused-ring (bicyclic) bond motifs is 1. The predicted octanol–water partition coefficient (Wildman–Crippen LogP) is 4.08. The third-order valence-electron chi connectivity index (χ3n) is 4.60. The molecule has 4 aromatic rings. The number of aryl methyl sites for hydroxylation is 2. The maximum absolute atomic E-state index is 13.0. The average molecular weight is 329 g/mol. The van der Waals surface area contributed by atoms with Crippen molar-refractivity contribution < 1.29 is 0 Å². The minimum atomic E-state index is -0.0368. The zero-order chi connectivity index (χ0) is 17.6. The van der Waals surface area contributed by atoms with Gasteiger partial charge in [0.05, 0.1) is 11.4 Å². The lowest BCUT2D eigenvalue weighted by molar-refractivity contribution is 0.759. The SMILES string of the molecule is Cc1ccc(-n2c(-c3ccccc3)cc3nc(C)c(C)c(=O)n32)cc1. The Balaban J connectivity index is 2.15. The summed E-state index contributed by atoms with van der Waals surface area (Å²) >= 11 is 0. The number of hydrogen-bond acceptors (Lipinski definition) is 2. The third kappa shape index (κ3) is 2.47. The molecule has 0 unspecified atom stereocenters. The molecule has 4 nitrogen and oxygen atoms in total. The normalized spacial score (nSPS) is 11.2. The molecule has 0 amide bonds. The number of nitrogens with zero attached hydrogens (tertiary/aromatic N) is 3. The Morgan fingerprint density at radius 3 is 2.24 bits per heavy atom. The summed E-state index contributed by atoms with van der Waals surface area (Å²) in [6, 6.07) is 20.2. The second-order valence-corrected chi connectivity index (χ2v) is 6.34. The van der Waals surface area contributed by atoms with Crippen LogP contribution in [0.2, 0.25) is 0 Å². The van der Waals surface area contributed by atoms with Crippen molar-refractivity contribution in [3.8, 4) is 16.9 Å². The molecule has 0 aliphatic rings. The van der Waals surface area contributed by atoms with Gasteiger partial charge < -0.3 is 0 Å². The Kier molecular flexibility index (Phi) is 3.53. The molecular weight excluding hydrogens is 310 g/mol. The Labute approximate surface area is 146 Å². The van der Waals surface area contributed by atoms with Gasteiger partial charge in [0.15, 0.2) is 5.65 Å². The van der Waals surface area contributed by atoms with Crippen LogP contribution in [-0.2, 0) is 0 Å². The molecule has 25 heavy (non-hydrogen) atoms. The van der Waals surface area contributed by atoms with E-state index in [-0.39, 0.29) is 5.56 Å². The van der Waals surface area contributed by atoms with Crippen LogP contribution in [0.15, 0.2) is 65.5 Å². The van der Waals surface area contributed by atoms with E-state index in [1.807, 2.05) is 67.1 Å². The Morgan fingerprint density at radius 2 is 1.56 bits per heavy atom. The molecule has 124 valence electrons. The molecule has 4 heteroatoms. The summed E-state index contributed by atoms with van der Waals surface area (Å²) in [5.41, 5.74) is 6.17. The molecule has 0 aliphatic heterocycles. The molecule has 2 heterocycles. The van der Waals surface area contributed by atoms with Crippen LogP contribution in [0.1, 0.15) is 16.8 Å². The minimum Gasteiger partial charge on any atom is -0.267 e. The fourth-order valence-corrected chi connectivity index (χ4v) is 3.05. The summed E-state index contributed by atoms with van der Waals surface area (Å²) in [4.78, 5) is 17.6. The van der Waals surface area contributed by atoms with Gasteiger partial charge in [0.1, 0.15) is 0 Å². The molecule has 0 aliphatic carbocycles. The fraction of sp³-hybridized carbons (Fsp3) is 0.143. The van der Waals surface area contributed by atoms with Gasteiger partial charge in [0.2, 0.25) is 0 Å². The molecule has 0 atom stereocenters. The third-order valence-corrected chi connectivity index (χ3v) is 4.60. The Morgan fingerprint density at radius 1 is 0.880 bits per heavy atom. The highest BCUT2D eigenvalue weighted by atomic mass is 16.1. The first-order valence-corrected chi connectivity index (χ1v) is 8.31. The quantitative estimate of drug-likeness (QED) is 0.556. The van der Waals surface area contributed by atoms with E-state index < -0.39 is 0 Å². The molecule has 2 aromatic carbocycles. The van der Waals surface area contributed by atoms with Crippen molar-refractivity contribution in [1.29, 1.82) is 0 Å². The van der Waals surface area contributed by atoms with Gasteiger partial charge in [0.25, 0.3) is 5.56 Å². The lowest BCUT2D eigenvalue weighted by Crippen LogP contribution is -2.24. The lowest BCUT2D eigenvalue weighted by Gasteiger charge is -2.12. The maximum atomic E-state index is 13.0. The van der Waals surface area contributed by atoms with Gasteiger partial charge in [-0.15, -0.1) is 0 Å². The van der Waals surface area contributed by atoms with Crippen molar-refractivity contribution in [1.82, 2.24) is 14.2 Å². The Hall–Kier alpha value is -3.14. The van der Waals surface area contributed by atoms with Gasteiger partial charge in [-0.25, -0.2) is 9.67 Å². The maximum Gasteiger partial charge on any atom is 0.276 e. The number of hydrogen-bond donors (Lipinski definition) is 0. The molecule has 4 rings (SSSR count). The smallest absolute Gasteiger partial charge is 0.267 e. The molecule has 0 radical (unpaired) electrons. The van der Waals surface area contributed by atoms with E-state index in [0.717, 1.165) is 22.6 Å². The van der Waals surface area contributed by atoms with Gasteiger partial charge >= 0.3 is 0 Å². The van der Waals surface area contributed by atoms with E-state index in [9.17, 15) is 4.79 Å². The molecular formula is C21H19N3O. The van der Waals surface area contributed by atoms with Crippen LogP contribution in [0, 0.1) is 20.8 Å². The second-order valence-electron chi connectivity index (χ2n) is 6.34. The van der Waals surface area contributed by atoms with Crippen molar-refractivity contribution in [2.24, 2.45) is 0 Å². The van der Waals surface area contributed by atoms with Crippen LogP contribution >= 0.6 is 0 Å². The summed E-state index contributed by atoms with van der Waals surface area (Å²) in [5, 5.41) is 0. The highest BCUT2D eigenvalue weighted by molar-refractivity contribution is 5.67. The number of benzene rings is 2. The average Bonchev–Trinajstić information content (AvgIpc) is 3.00. The van der Waals surface area contributed by atoms with E-state index in [0.29, 0.717) is 11.2 Å². The van der Waals surface area contributed by atoms with E-state index >= 15 is 0 Å². The van der Waals surface area contributed by atoms with Crippen molar-refractivity contribution in [3.63, 3.8) is 0 Å². The van der Waals surface area contributed by atoms with Crippen molar-refractivity contribution in [3.05, 3.63) is 87.8 Å². The zero-order valence-corrected chi connectivity index (χ0v) is 14.5. The molecule has 0 saturated heterocycles. The standard InChI is InChI=1S/C21H19N3O/c1-14-9-11-18(12-10-14)23-19(17-7-5-4-6-8-17)13-20-22-16(3)15(2)21(25)24(20)23/h4-13H,1-3H3. The first-order chi connectivity index (χ1) is 12.1. The van der Waals surface area contributed by atoms with Gasteiger partial charge in [-0.1, -0.05) is 48.0 Å². The monoisotopic (exact) mass is 329 g/mol. The molecule has 0 fully saturated rings. The van der Waals surface area contributed by atoms with E-state index in [2.05, 4.69) is 24.0 Å². The lowest BCUT2D eigenvalue weighted by atomic mass is 10.1. The summed E-state index contributed by atoms with van der Waals surface area (Å²) < 4.78 is 3.61. The van der Waals surface area contributed by atoms with Gasteiger partial charge in [0, 0.05) is 22.9 Å². The zero-order valence-electron chi connectivity index (χ0n) is 14.5. The first-order valence-electron chi connectivity index (χ1n) is 8.31. The first kappa shape index (κ1) is 15.4. The summed E-state index contributed by atoms with van der Waals surface area (Å²) in [6.45, 7) is 5.75. The molecule has 0 saturated carbocycles. The molecule has 0 bridgehead atoms. The predicted molar refractivity (Wildman–Crippen MR) is 100 cm³/mol. The second kappa shape index (κ2) is 5.74. The topological polar surface area (TPSA) is 39.3 Å². The van der Waals surface area contributed by atoms with Crippen molar-refractivity contribution in [2.75, 3.05) is 0 Å². The summed E-state index contributed by atoms with van der Waals surface area (Å²) in [7, 11) is 0. The number of aromatic nitrogens is 3. The van der Waals surface area contributed by atoms with Gasteiger partial charge in [-0.2, -0.15) is 4.52 Å². The number of rotatable bonds is 2. The highest BCUT2D eigenvalue weighted by Crippen LogP contribution is 2.25. The van der Waals surface area contributed by atoms with Crippen LogP contribution in [0.5, 0.6) is 0 Å². The molecule has 2 aromatic heterocycles. The summed E-state index contributed by atoms with van der Waals surface area (Å²) in [5.74, 6) is 0. The van der Waals surface area contributed by atoms with Gasteiger partial charge in [-0.3, -0.25) is 4.79 Å². The largest absolute Gasteiger partial charge is 0.276 e. The van der Waals surface area contributed by atoms with Crippen LogP contribution < -0.4 is 5.56 Å². The summed E-state index contributed by atoms with van der Waals surface area (Å²) in [6.07, 6.45) is 0. The van der Waals surface area contributed by atoms with Crippen LogP contribution in [0.25, 0.3) is 22.6 Å². The van der Waals surface area contributed by atoms with E-state index in [1.54, 1.807) is 4.52 Å². The Bertz CT molecular complexity index is 1120. The fourth-order valence-electron chi connectivity index (χ4n) is 3.05. The minimum absolute atomic E-state index is 0.0368. The van der Waals surface area contributed by atoms with E-state index in [4.69, 9.17) is 0 Å². The van der Waals surface area contributed by atoms with Crippen LogP contribution in [0.4, 0.5) is 0 Å². The van der Waals surface area contributed by atoms with Gasteiger partial charge in [-0.05, 0) is 32.9 Å². The molecule has 0 spiro atoms.